The molecule has 0 bridgehead atoms. The number of sulfonamides is 1. The number of rotatable bonds is 5. The third kappa shape index (κ3) is 2.88. The third-order valence-corrected chi connectivity index (χ3v) is 6.72. The molecule has 2 aliphatic heterocycles. The van der Waals surface area contributed by atoms with Gasteiger partial charge < -0.3 is 14.4 Å². The van der Waals surface area contributed by atoms with Crippen LogP contribution in [0, 0.1) is 0 Å². The molecule has 7 nitrogen and oxygen atoms in total. The smallest absolute Gasteiger partial charge is 0.262 e. The first-order valence-electron chi connectivity index (χ1n) is 9.08. The molecule has 2 aromatic carbocycles. The number of aryl methyl sites for hydroxylation is 1. The lowest BCUT2D eigenvalue weighted by Gasteiger charge is -2.26. The van der Waals surface area contributed by atoms with Gasteiger partial charge in [0.15, 0.2) is 11.5 Å². The average Bonchev–Trinajstić information content (AvgIpc) is 2.93. The number of carbonyl (C=O) groups excluding carboxylic acids is 1. The summed E-state index contributed by atoms with van der Waals surface area (Å²) in [7, 11) is -0.876. The minimum atomic E-state index is -3.82. The van der Waals surface area contributed by atoms with Crippen molar-refractivity contribution < 1.29 is 22.7 Å². The van der Waals surface area contributed by atoms with E-state index in [1.54, 1.807) is 12.1 Å². The fourth-order valence-electron chi connectivity index (χ4n) is 3.95. The lowest BCUT2D eigenvalue weighted by molar-refractivity contribution is -0.119. The molecule has 0 saturated carbocycles. The number of nitrogens with one attached hydrogen (secondary N) is 1. The second-order valence-corrected chi connectivity index (χ2v) is 8.69. The van der Waals surface area contributed by atoms with Gasteiger partial charge in [0.25, 0.3) is 10.0 Å². The quantitative estimate of drug-likeness (QED) is 0.831. The first-order chi connectivity index (χ1) is 13.4. The average molecular weight is 402 g/mol. The number of carbonyl (C=O) groups is 1. The first-order valence-corrected chi connectivity index (χ1v) is 10.6. The van der Waals surface area contributed by atoms with E-state index in [1.807, 2.05) is 17.9 Å². The molecule has 1 amide bonds. The SMILES string of the molecule is COc1ccc(S(=O)(=O)Nc2cc3c4c(c2)[C@@H](C)C(=O)N4CCC3)cc1OC. The van der Waals surface area contributed by atoms with Crippen LogP contribution in [0.2, 0.25) is 0 Å². The second kappa shape index (κ2) is 6.70. The largest absolute Gasteiger partial charge is 0.493 e. The summed E-state index contributed by atoms with van der Waals surface area (Å²) in [6.45, 7) is 2.59. The topological polar surface area (TPSA) is 84.9 Å². The van der Waals surface area contributed by atoms with Crippen molar-refractivity contribution in [2.45, 2.75) is 30.6 Å². The molecule has 1 atom stereocenters. The van der Waals surface area contributed by atoms with E-state index >= 15 is 0 Å². The monoisotopic (exact) mass is 402 g/mol. The maximum atomic E-state index is 12.9. The van der Waals surface area contributed by atoms with E-state index in [0.717, 1.165) is 36.2 Å². The highest BCUT2D eigenvalue weighted by Gasteiger charge is 2.38. The van der Waals surface area contributed by atoms with Crippen molar-refractivity contribution in [3.05, 3.63) is 41.5 Å². The van der Waals surface area contributed by atoms with Gasteiger partial charge in [-0.25, -0.2) is 8.42 Å². The number of anilines is 2. The van der Waals surface area contributed by atoms with E-state index < -0.39 is 10.0 Å². The van der Waals surface area contributed by atoms with Gasteiger partial charge in [-0.2, -0.15) is 0 Å². The zero-order chi connectivity index (χ0) is 20.1. The Morgan fingerprint density at radius 1 is 1.11 bits per heavy atom. The highest BCUT2D eigenvalue weighted by Crippen LogP contribution is 2.44. The van der Waals surface area contributed by atoms with Crippen LogP contribution in [-0.4, -0.2) is 35.1 Å². The maximum absolute atomic E-state index is 12.9. The number of ether oxygens (including phenoxy) is 2. The zero-order valence-electron chi connectivity index (χ0n) is 16.0. The molecule has 0 aliphatic carbocycles. The van der Waals surface area contributed by atoms with Crippen molar-refractivity contribution in [1.29, 1.82) is 0 Å². The van der Waals surface area contributed by atoms with Crippen molar-refractivity contribution in [1.82, 2.24) is 0 Å². The molecule has 0 saturated heterocycles. The number of nitrogens with zero attached hydrogens (tertiary/aromatic N) is 1. The van der Waals surface area contributed by atoms with Crippen LogP contribution in [0.15, 0.2) is 35.2 Å². The minimum absolute atomic E-state index is 0.0741. The van der Waals surface area contributed by atoms with Crippen molar-refractivity contribution in [2.24, 2.45) is 0 Å². The van der Waals surface area contributed by atoms with Crippen molar-refractivity contribution in [3.63, 3.8) is 0 Å². The molecule has 8 heteroatoms. The molecule has 2 aromatic rings. The van der Waals surface area contributed by atoms with Crippen LogP contribution < -0.4 is 19.1 Å². The fraction of sp³-hybridized carbons (Fsp3) is 0.350. The Kier molecular flexibility index (Phi) is 4.45. The van der Waals surface area contributed by atoms with Crippen molar-refractivity contribution >= 4 is 27.3 Å². The van der Waals surface area contributed by atoms with Crippen LogP contribution in [0.4, 0.5) is 11.4 Å². The predicted octanol–water partition coefficient (Wildman–Crippen LogP) is 2.90. The van der Waals surface area contributed by atoms with E-state index in [1.165, 1.54) is 26.4 Å². The Hall–Kier alpha value is -2.74. The van der Waals surface area contributed by atoms with Gasteiger partial charge in [-0.05, 0) is 55.2 Å². The Bertz CT molecular complexity index is 1060. The predicted molar refractivity (Wildman–Crippen MR) is 106 cm³/mol. The lowest BCUT2D eigenvalue weighted by atomic mass is 9.96. The summed E-state index contributed by atoms with van der Waals surface area (Å²) < 4.78 is 38.8. The summed E-state index contributed by atoms with van der Waals surface area (Å²) in [5.41, 5.74) is 3.31. The van der Waals surface area contributed by atoms with Crippen LogP contribution in [0.1, 0.15) is 30.4 Å². The van der Waals surface area contributed by atoms with Gasteiger partial charge in [-0.1, -0.05) is 0 Å². The minimum Gasteiger partial charge on any atom is -0.493 e. The normalized spacial score (nSPS) is 18.0. The summed E-state index contributed by atoms with van der Waals surface area (Å²) in [5, 5.41) is 0. The molecular weight excluding hydrogens is 380 g/mol. The fourth-order valence-corrected chi connectivity index (χ4v) is 5.01. The Morgan fingerprint density at radius 3 is 2.57 bits per heavy atom. The van der Waals surface area contributed by atoms with Crippen LogP contribution in [0.3, 0.4) is 0 Å². The molecule has 148 valence electrons. The molecular formula is C20H22N2O5S. The number of hydrogen-bond acceptors (Lipinski definition) is 5. The first kappa shape index (κ1) is 18.6. The maximum Gasteiger partial charge on any atom is 0.262 e. The third-order valence-electron chi connectivity index (χ3n) is 5.34. The number of methoxy groups -OCH3 is 2. The molecule has 0 radical (unpaired) electrons. The van der Waals surface area contributed by atoms with Crippen LogP contribution in [-0.2, 0) is 21.2 Å². The molecule has 0 unspecified atom stereocenters. The molecule has 0 aromatic heterocycles. The standard InChI is InChI=1S/C20H22N2O5S/c1-12-16-10-14(9-13-5-4-8-22(19(13)16)20(12)23)21-28(24,25)15-6-7-17(26-2)18(11-15)27-3/h6-7,9-12,21H,4-5,8H2,1-3H3/t12-/m1/s1. The van der Waals surface area contributed by atoms with Gasteiger partial charge in [0.1, 0.15) is 0 Å². The second-order valence-electron chi connectivity index (χ2n) is 7.01. The number of hydrogen-bond donors (Lipinski definition) is 1. The molecule has 2 heterocycles. The van der Waals surface area contributed by atoms with Gasteiger partial charge in [-0.15, -0.1) is 0 Å². The summed E-state index contributed by atoms with van der Waals surface area (Å²) in [4.78, 5) is 14.4. The molecule has 4 rings (SSSR count). The Labute approximate surface area is 164 Å². The van der Waals surface area contributed by atoms with Crippen LogP contribution >= 0.6 is 0 Å². The van der Waals surface area contributed by atoms with Crippen LogP contribution in [0.25, 0.3) is 0 Å². The summed E-state index contributed by atoms with van der Waals surface area (Å²) in [6, 6.07) is 8.04. The van der Waals surface area contributed by atoms with E-state index in [9.17, 15) is 13.2 Å². The van der Waals surface area contributed by atoms with Gasteiger partial charge in [0.05, 0.1) is 30.7 Å². The van der Waals surface area contributed by atoms with Crippen molar-refractivity contribution in [2.75, 3.05) is 30.4 Å². The van der Waals surface area contributed by atoms with Crippen molar-refractivity contribution in [3.8, 4) is 11.5 Å². The number of amides is 1. The Morgan fingerprint density at radius 2 is 1.86 bits per heavy atom. The highest BCUT2D eigenvalue weighted by molar-refractivity contribution is 7.92. The van der Waals surface area contributed by atoms with Gasteiger partial charge >= 0.3 is 0 Å². The Balaban J connectivity index is 1.71. The summed E-state index contributed by atoms with van der Waals surface area (Å²) in [5.74, 6) is 0.605. The molecule has 2 aliphatic rings. The van der Waals surface area contributed by atoms with Gasteiger partial charge in [0, 0.05) is 18.3 Å². The van der Waals surface area contributed by atoms with E-state index in [0.29, 0.717) is 17.2 Å². The zero-order valence-corrected chi connectivity index (χ0v) is 16.8. The highest BCUT2D eigenvalue weighted by atomic mass is 32.2. The van der Waals surface area contributed by atoms with Gasteiger partial charge in [-0.3, -0.25) is 9.52 Å². The van der Waals surface area contributed by atoms with E-state index in [4.69, 9.17) is 9.47 Å². The lowest BCUT2D eigenvalue weighted by Crippen LogP contribution is -2.32. The molecule has 1 N–H and O–H groups in total. The summed E-state index contributed by atoms with van der Waals surface area (Å²) >= 11 is 0. The molecule has 0 spiro atoms. The summed E-state index contributed by atoms with van der Waals surface area (Å²) in [6.07, 6.45) is 1.70. The van der Waals surface area contributed by atoms with E-state index in [2.05, 4.69) is 4.72 Å². The number of benzene rings is 2. The molecule has 28 heavy (non-hydrogen) atoms. The molecule has 0 fully saturated rings. The van der Waals surface area contributed by atoms with Crippen LogP contribution in [0.5, 0.6) is 11.5 Å². The van der Waals surface area contributed by atoms with E-state index in [-0.39, 0.29) is 16.7 Å². The van der Waals surface area contributed by atoms with Gasteiger partial charge in [0.2, 0.25) is 5.91 Å².